The maximum absolute atomic E-state index is 13.2. The minimum atomic E-state index is -1.92. The molecule has 6 unspecified atom stereocenters. The lowest BCUT2D eigenvalue weighted by Gasteiger charge is -2.40. The maximum atomic E-state index is 13.2. The van der Waals surface area contributed by atoms with Crippen LogP contribution in [-0.4, -0.2) is 89.2 Å². The summed E-state index contributed by atoms with van der Waals surface area (Å²) in [5, 5.41) is 31.5. The van der Waals surface area contributed by atoms with Crippen molar-refractivity contribution in [3.05, 3.63) is 97.2 Å². The summed E-state index contributed by atoms with van der Waals surface area (Å²) >= 11 is 0. The van der Waals surface area contributed by atoms with E-state index in [-0.39, 0.29) is 25.9 Å². The third kappa shape index (κ3) is 44.0. The van der Waals surface area contributed by atoms with Crippen molar-refractivity contribution in [3.8, 4) is 0 Å². The fourth-order valence-electron chi connectivity index (χ4n) is 8.88. The first-order valence-corrected chi connectivity index (χ1v) is 31.2. The second-order valence-corrected chi connectivity index (χ2v) is 21.0. The Kier molecular flexibility index (Phi) is 49.9. The number of hydrogen-bond acceptors (Lipinski definition) is 11. The Labute approximate surface area is 479 Å². The van der Waals surface area contributed by atoms with Crippen molar-refractivity contribution >= 4 is 23.9 Å². The van der Waals surface area contributed by atoms with Gasteiger partial charge in [-0.25, -0.2) is 4.79 Å². The third-order valence-electron chi connectivity index (χ3n) is 13.6. The molecule has 1 rings (SSSR count). The van der Waals surface area contributed by atoms with Crippen molar-refractivity contribution in [1.82, 2.24) is 0 Å². The van der Waals surface area contributed by atoms with Gasteiger partial charge in [0.05, 0.1) is 6.61 Å². The van der Waals surface area contributed by atoms with E-state index in [1.54, 1.807) is 0 Å². The van der Waals surface area contributed by atoms with Gasteiger partial charge in [-0.05, 0) is 96.3 Å². The van der Waals surface area contributed by atoms with Crippen LogP contribution in [0.3, 0.4) is 0 Å². The smallest absolute Gasteiger partial charge is 0.335 e. The second kappa shape index (κ2) is 54.2. The molecule has 0 bridgehead atoms. The van der Waals surface area contributed by atoms with Gasteiger partial charge in [-0.15, -0.1) is 0 Å². The van der Waals surface area contributed by atoms with Crippen LogP contribution in [0.15, 0.2) is 97.2 Å². The lowest BCUT2D eigenvalue weighted by Crippen LogP contribution is -2.61. The summed E-state index contributed by atoms with van der Waals surface area (Å²) in [6.07, 6.45) is 59.5. The van der Waals surface area contributed by atoms with E-state index in [4.69, 9.17) is 23.7 Å². The average molecular weight is 1110 g/mol. The summed E-state index contributed by atoms with van der Waals surface area (Å²) in [5.74, 6) is -3.22. The Morgan fingerprint density at radius 3 is 1.28 bits per heavy atom. The standard InChI is InChI=1S/C67H110O12/c1-4-7-10-13-16-19-22-25-27-29-30-32-33-36-38-41-44-47-50-53-59(68)75-56-58(77-60(69)54-51-48-45-42-40-37-34-31-28-26-23-20-17-14-11-8-5-2)57-76-67-65(63(72)62(71)64(79-67)66(73)74)78-61(70)55-52-49-46-43-39-35-24-21-18-15-12-9-6-3/h8,11,16-17,19-20,25-28,30,32,34,37,42,45,58,62-65,67,71-72H,4-7,9-10,12-15,18,21-24,29,31,33,35-36,38-41,43-44,46-57H2,1-3H3,(H,73,74)/b11-8-,19-16-,20-17-,27-25-,28-26-,32-30-,37-34-,45-42-. The number of carboxylic acids is 1. The summed E-state index contributed by atoms with van der Waals surface area (Å²) in [5.41, 5.74) is 0. The Bertz CT molecular complexity index is 1740. The predicted octanol–water partition coefficient (Wildman–Crippen LogP) is 16.5. The van der Waals surface area contributed by atoms with Gasteiger partial charge in [0.1, 0.15) is 18.8 Å². The lowest BCUT2D eigenvalue weighted by atomic mass is 9.98. The number of aliphatic hydroxyl groups is 2. The van der Waals surface area contributed by atoms with Crippen molar-refractivity contribution in [2.75, 3.05) is 13.2 Å². The molecule has 0 aromatic carbocycles. The van der Waals surface area contributed by atoms with Gasteiger partial charge >= 0.3 is 23.9 Å². The molecular formula is C67H110O12. The minimum absolute atomic E-state index is 0.0514. The van der Waals surface area contributed by atoms with Crippen LogP contribution in [0.1, 0.15) is 252 Å². The van der Waals surface area contributed by atoms with Gasteiger partial charge in [0.15, 0.2) is 24.6 Å². The molecule has 1 fully saturated rings. The summed E-state index contributed by atoms with van der Waals surface area (Å²) in [6.45, 7) is 5.80. The van der Waals surface area contributed by atoms with E-state index in [1.807, 2.05) is 12.2 Å². The van der Waals surface area contributed by atoms with Crippen LogP contribution in [0.5, 0.6) is 0 Å². The van der Waals surface area contributed by atoms with E-state index >= 15 is 0 Å². The molecule has 0 aromatic rings. The van der Waals surface area contributed by atoms with Gasteiger partial charge < -0.3 is 39.0 Å². The molecular weight excluding hydrogens is 997 g/mol. The normalized spacial score (nSPS) is 18.5. The first-order valence-electron chi connectivity index (χ1n) is 31.2. The Morgan fingerprint density at radius 1 is 0.430 bits per heavy atom. The van der Waals surface area contributed by atoms with Crippen molar-refractivity contribution in [2.45, 2.75) is 289 Å². The molecule has 0 radical (unpaired) electrons. The fourth-order valence-corrected chi connectivity index (χ4v) is 8.88. The predicted molar refractivity (Wildman–Crippen MR) is 321 cm³/mol. The van der Waals surface area contributed by atoms with Gasteiger partial charge in [0, 0.05) is 19.3 Å². The third-order valence-corrected chi connectivity index (χ3v) is 13.6. The molecule has 1 heterocycles. The number of aliphatic hydroxyl groups excluding tert-OH is 2. The van der Waals surface area contributed by atoms with E-state index < -0.39 is 67.3 Å². The number of rotatable bonds is 52. The number of esters is 3. The number of carbonyl (C=O) groups is 4. The maximum Gasteiger partial charge on any atom is 0.335 e. The summed E-state index contributed by atoms with van der Waals surface area (Å²) in [7, 11) is 0. The van der Waals surface area contributed by atoms with E-state index in [1.165, 1.54) is 77.0 Å². The number of carbonyl (C=O) groups excluding carboxylic acids is 3. The van der Waals surface area contributed by atoms with Crippen molar-refractivity contribution in [2.24, 2.45) is 0 Å². The van der Waals surface area contributed by atoms with Gasteiger partial charge in [-0.2, -0.15) is 0 Å². The van der Waals surface area contributed by atoms with Gasteiger partial charge in [-0.1, -0.05) is 234 Å². The zero-order valence-corrected chi connectivity index (χ0v) is 49.6. The van der Waals surface area contributed by atoms with Gasteiger partial charge in [0.25, 0.3) is 0 Å². The van der Waals surface area contributed by atoms with E-state index in [0.717, 1.165) is 109 Å². The van der Waals surface area contributed by atoms with Gasteiger partial charge in [0.2, 0.25) is 0 Å². The summed E-state index contributed by atoms with van der Waals surface area (Å²) in [4.78, 5) is 51.2. The van der Waals surface area contributed by atoms with Crippen molar-refractivity contribution in [3.63, 3.8) is 0 Å². The lowest BCUT2D eigenvalue weighted by molar-refractivity contribution is -0.301. The van der Waals surface area contributed by atoms with E-state index in [2.05, 4.69) is 106 Å². The fraction of sp³-hybridized carbons (Fsp3) is 0.701. The zero-order chi connectivity index (χ0) is 57.5. The molecule has 0 aromatic heterocycles. The number of hydrogen-bond donors (Lipinski definition) is 3. The Morgan fingerprint density at radius 2 is 0.810 bits per heavy atom. The van der Waals surface area contributed by atoms with Crippen LogP contribution in [0.25, 0.3) is 0 Å². The van der Waals surface area contributed by atoms with Crippen LogP contribution in [-0.2, 0) is 42.9 Å². The van der Waals surface area contributed by atoms with Crippen LogP contribution < -0.4 is 0 Å². The molecule has 0 spiro atoms. The molecule has 6 atom stereocenters. The molecule has 1 saturated heterocycles. The van der Waals surface area contributed by atoms with Gasteiger partial charge in [-0.3, -0.25) is 14.4 Å². The largest absolute Gasteiger partial charge is 0.479 e. The number of ether oxygens (including phenoxy) is 5. The molecule has 79 heavy (non-hydrogen) atoms. The highest BCUT2D eigenvalue weighted by Gasteiger charge is 2.50. The molecule has 0 aliphatic carbocycles. The summed E-state index contributed by atoms with van der Waals surface area (Å²) in [6, 6.07) is 0. The highest BCUT2D eigenvalue weighted by molar-refractivity contribution is 5.74. The number of unbranched alkanes of at least 4 members (excludes halogenated alkanes) is 22. The number of carboxylic acid groups (broad SMARTS) is 1. The first-order chi connectivity index (χ1) is 38.6. The van der Waals surface area contributed by atoms with Crippen molar-refractivity contribution in [1.29, 1.82) is 0 Å². The molecule has 12 heteroatoms. The zero-order valence-electron chi connectivity index (χ0n) is 49.6. The molecule has 3 N–H and O–H groups in total. The molecule has 1 aliphatic rings. The van der Waals surface area contributed by atoms with Crippen molar-refractivity contribution < 1.29 is 58.2 Å². The molecule has 1 aliphatic heterocycles. The highest BCUT2D eigenvalue weighted by atomic mass is 16.7. The first kappa shape index (κ1) is 72.7. The van der Waals surface area contributed by atoms with Crippen LogP contribution >= 0.6 is 0 Å². The number of aliphatic carboxylic acids is 1. The van der Waals surface area contributed by atoms with Crippen LogP contribution in [0, 0.1) is 0 Å². The molecule has 0 amide bonds. The monoisotopic (exact) mass is 1110 g/mol. The van der Waals surface area contributed by atoms with E-state index in [0.29, 0.717) is 25.7 Å². The quantitative estimate of drug-likeness (QED) is 0.0228. The Balaban J connectivity index is 2.72. The highest BCUT2D eigenvalue weighted by Crippen LogP contribution is 2.26. The SMILES string of the molecule is CC/C=C\C/C=C\C/C=C\C/C=C\C/C=C\CCCC(=O)OC(COC(=O)CCCCCCCC/C=C\C/C=C\C/C=C\CCCCC)COC1OC(C(=O)O)C(O)C(O)C1OC(=O)CCCCCCCCCCCCCCC. The minimum Gasteiger partial charge on any atom is -0.479 e. The topological polar surface area (TPSA) is 175 Å². The second-order valence-electron chi connectivity index (χ2n) is 21.0. The molecule has 450 valence electrons. The van der Waals surface area contributed by atoms with Crippen LogP contribution in [0.2, 0.25) is 0 Å². The molecule has 12 nitrogen and oxygen atoms in total. The van der Waals surface area contributed by atoms with Crippen LogP contribution in [0.4, 0.5) is 0 Å². The summed E-state index contributed by atoms with van der Waals surface area (Å²) < 4.78 is 28.4. The number of allylic oxidation sites excluding steroid dienone is 16. The Hall–Kier alpha value is -4.36. The van der Waals surface area contributed by atoms with E-state index in [9.17, 15) is 34.5 Å². The molecule has 0 saturated carbocycles. The average Bonchev–Trinajstić information content (AvgIpc) is 3.46.